The molecule has 2 N–H and O–H groups in total. The van der Waals surface area contributed by atoms with E-state index in [0.717, 1.165) is 41.3 Å². The quantitative estimate of drug-likeness (QED) is 0.272. The number of carboxylic acids is 1. The lowest BCUT2D eigenvalue weighted by atomic mass is 9.47. The Morgan fingerprint density at radius 2 is 1.90 bits per heavy atom. The maximum Gasteiger partial charge on any atom is 0.326 e. The summed E-state index contributed by atoms with van der Waals surface area (Å²) in [6, 6.07) is -0.899. The van der Waals surface area contributed by atoms with Gasteiger partial charge in [0.05, 0.1) is 12.5 Å². The SMILES string of the molecule is C=COCc1cn(CC(=O)NC(CC(C)C)C(=O)O)nn1.CC1CCC2C(CCC3C(C)CCC[C@]32C)C1.CC=O. The van der Waals surface area contributed by atoms with Crippen LogP contribution in [0.4, 0.5) is 0 Å². The monoisotopic (exact) mass is 574 g/mol. The molecular formula is C32H54N4O5. The zero-order valence-electron chi connectivity index (χ0n) is 26.2. The number of nitrogens with zero attached hydrogens (tertiary/aromatic N) is 3. The van der Waals surface area contributed by atoms with Crippen LogP contribution in [0.5, 0.6) is 0 Å². The van der Waals surface area contributed by atoms with E-state index in [0.29, 0.717) is 12.1 Å². The summed E-state index contributed by atoms with van der Waals surface area (Å²) in [6.45, 7) is 16.4. The van der Waals surface area contributed by atoms with Crippen molar-refractivity contribution in [2.75, 3.05) is 0 Å². The van der Waals surface area contributed by atoms with Gasteiger partial charge in [-0.05, 0) is 86.4 Å². The van der Waals surface area contributed by atoms with Gasteiger partial charge < -0.3 is 20.0 Å². The number of nitrogens with one attached hydrogen (secondary N) is 1. The largest absolute Gasteiger partial charge is 0.495 e. The summed E-state index contributed by atoms with van der Waals surface area (Å²) in [4.78, 5) is 31.7. The first-order valence-electron chi connectivity index (χ1n) is 15.5. The highest BCUT2D eigenvalue weighted by Crippen LogP contribution is 2.60. The summed E-state index contributed by atoms with van der Waals surface area (Å²) in [7, 11) is 0. The molecule has 3 aliphatic carbocycles. The Hall–Kier alpha value is -2.71. The molecule has 1 heterocycles. The molecule has 0 saturated heterocycles. The van der Waals surface area contributed by atoms with Crippen molar-refractivity contribution in [3.63, 3.8) is 0 Å². The highest BCUT2D eigenvalue weighted by Gasteiger charge is 2.51. The third kappa shape index (κ3) is 10.3. The molecule has 1 aromatic heterocycles. The van der Waals surface area contributed by atoms with Crippen molar-refractivity contribution >= 4 is 18.2 Å². The third-order valence-corrected chi connectivity index (χ3v) is 9.43. The van der Waals surface area contributed by atoms with Crippen LogP contribution in [0.15, 0.2) is 19.0 Å². The molecule has 9 nitrogen and oxygen atoms in total. The van der Waals surface area contributed by atoms with E-state index in [2.05, 4.69) is 43.0 Å². The molecule has 1 amide bonds. The molecule has 0 radical (unpaired) electrons. The number of aldehydes is 1. The van der Waals surface area contributed by atoms with Gasteiger partial charge in [0.1, 0.15) is 31.2 Å². The Morgan fingerprint density at radius 1 is 1.22 bits per heavy atom. The predicted octanol–water partition coefficient (Wildman–Crippen LogP) is 6.03. The summed E-state index contributed by atoms with van der Waals surface area (Å²) in [5, 5.41) is 19.1. The molecule has 0 aliphatic heterocycles. The molecule has 3 fully saturated rings. The highest BCUT2D eigenvalue weighted by molar-refractivity contribution is 5.83. The fourth-order valence-electron chi connectivity index (χ4n) is 7.70. The van der Waals surface area contributed by atoms with Gasteiger partial charge in [-0.25, -0.2) is 9.48 Å². The van der Waals surface area contributed by atoms with Crippen LogP contribution in [0.1, 0.15) is 105 Å². The van der Waals surface area contributed by atoms with Crippen LogP contribution in [0, 0.1) is 40.9 Å². The van der Waals surface area contributed by atoms with E-state index in [4.69, 9.17) is 14.6 Å². The maximum absolute atomic E-state index is 11.8. The molecule has 6 unspecified atom stereocenters. The molecule has 0 bridgehead atoms. The average molecular weight is 575 g/mol. The third-order valence-electron chi connectivity index (χ3n) is 9.43. The average Bonchev–Trinajstić information content (AvgIpc) is 3.34. The Bertz CT molecular complexity index is 979. The second-order valence-corrected chi connectivity index (χ2v) is 13.1. The van der Waals surface area contributed by atoms with Gasteiger partial charge in [0, 0.05) is 0 Å². The number of hydrogen-bond donors (Lipinski definition) is 2. The summed E-state index contributed by atoms with van der Waals surface area (Å²) >= 11 is 0. The number of carboxylic acid groups (broad SMARTS) is 1. The van der Waals surface area contributed by atoms with E-state index in [9.17, 15) is 9.59 Å². The van der Waals surface area contributed by atoms with Gasteiger partial charge in [0.15, 0.2) is 0 Å². The smallest absolute Gasteiger partial charge is 0.326 e. The van der Waals surface area contributed by atoms with Gasteiger partial charge in [-0.3, -0.25) is 4.79 Å². The molecule has 1 aromatic rings. The van der Waals surface area contributed by atoms with Crippen LogP contribution in [0.25, 0.3) is 0 Å². The number of aliphatic carboxylic acids is 1. The molecule has 232 valence electrons. The van der Waals surface area contributed by atoms with Crippen LogP contribution in [0.2, 0.25) is 0 Å². The van der Waals surface area contributed by atoms with Crippen molar-refractivity contribution in [1.29, 1.82) is 0 Å². The number of carbonyl (C=O) groups excluding carboxylic acids is 2. The standard InChI is InChI=1S/C17H30.C13H20N4O4.C2H4O/c1-12-6-8-16-14(11-12)7-9-15-13(2)5-4-10-17(15,16)3;1-4-21-8-10-6-17(16-15-10)7-12(18)14-11(13(19)20)5-9(2)3;1-2-3/h12-16H,4-11H2,1-3H3;4,6,9,11H,1,5,7-8H2,2-3H3,(H,14,18)(H,19,20);2H,1H3/t12?,13?,14?,15?,16?,17-;;/m1../s1. The van der Waals surface area contributed by atoms with E-state index in [1.54, 1.807) is 31.9 Å². The van der Waals surface area contributed by atoms with E-state index in [1.807, 2.05) is 13.8 Å². The van der Waals surface area contributed by atoms with Crippen molar-refractivity contribution in [3.8, 4) is 0 Å². The Kier molecular flexibility index (Phi) is 14.0. The van der Waals surface area contributed by atoms with Crippen molar-refractivity contribution in [1.82, 2.24) is 20.3 Å². The lowest BCUT2D eigenvalue weighted by Gasteiger charge is -2.58. The number of aromatic nitrogens is 3. The highest BCUT2D eigenvalue weighted by atomic mass is 16.5. The van der Waals surface area contributed by atoms with Crippen molar-refractivity contribution < 1.29 is 24.2 Å². The lowest BCUT2D eigenvalue weighted by molar-refractivity contribution is -0.142. The Labute approximate surface area is 246 Å². The van der Waals surface area contributed by atoms with E-state index in [1.165, 1.54) is 43.6 Å². The van der Waals surface area contributed by atoms with Crippen LogP contribution >= 0.6 is 0 Å². The van der Waals surface area contributed by atoms with Crippen LogP contribution in [-0.4, -0.2) is 44.3 Å². The molecule has 0 spiro atoms. The fourth-order valence-corrected chi connectivity index (χ4v) is 7.70. The zero-order valence-corrected chi connectivity index (χ0v) is 26.2. The Balaban J connectivity index is 0.000000265. The van der Waals surface area contributed by atoms with Crippen molar-refractivity contribution in [3.05, 3.63) is 24.7 Å². The lowest BCUT2D eigenvalue weighted by Crippen LogP contribution is -2.49. The predicted molar refractivity (Wildman–Crippen MR) is 160 cm³/mol. The molecule has 7 atom stereocenters. The van der Waals surface area contributed by atoms with Crippen LogP contribution < -0.4 is 5.32 Å². The first-order chi connectivity index (χ1) is 19.4. The van der Waals surface area contributed by atoms with E-state index < -0.39 is 17.9 Å². The minimum atomic E-state index is -1.05. The summed E-state index contributed by atoms with van der Waals surface area (Å²) in [5.74, 6) is 3.95. The van der Waals surface area contributed by atoms with Gasteiger partial charge in [0.2, 0.25) is 5.91 Å². The topological polar surface area (TPSA) is 123 Å². The number of hydrogen-bond acceptors (Lipinski definition) is 6. The van der Waals surface area contributed by atoms with Crippen LogP contribution in [-0.2, 0) is 32.3 Å². The van der Waals surface area contributed by atoms with Gasteiger partial charge in [-0.15, -0.1) is 5.10 Å². The van der Waals surface area contributed by atoms with Crippen LogP contribution in [0.3, 0.4) is 0 Å². The number of fused-ring (bicyclic) bond motifs is 3. The molecule has 9 heteroatoms. The first-order valence-corrected chi connectivity index (χ1v) is 15.5. The number of amides is 1. The molecule has 0 aromatic carbocycles. The minimum Gasteiger partial charge on any atom is -0.495 e. The van der Waals surface area contributed by atoms with Gasteiger partial charge in [0.25, 0.3) is 0 Å². The van der Waals surface area contributed by atoms with E-state index >= 15 is 0 Å². The zero-order chi connectivity index (χ0) is 30.6. The second-order valence-electron chi connectivity index (χ2n) is 13.1. The van der Waals surface area contributed by atoms with Gasteiger partial charge in [-0.2, -0.15) is 0 Å². The maximum atomic E-state index is 11.8. The Morgan fingerprint density at radius 3 is 2.54 bits per heavy atom. The summed E-state index contributed by atoms with van der Waals surface area (Å²) in [5.41, 5.74) is 1.28. The normalized spacial score (nSPS) is 29.2. The number of ether oxygens (including phenoxy) is 1. The first kappa shape index (κ1) is 34.5. The van der Waals surface area contributed by atoms with Gasteiger partial charge >= 0.3 is 5.97 Å². The van der Waals surface area contributed by atoms with E-state index in [-0.39, 0.29) is 19.1 Å². The fraction of sp³-hybridized carbons (Fsp3) is 0.781. The number of rotatable bonds is 9. The van der Waals surface area contributed by atoms with Crippen molar-refractivity contribution in [2.45, 2.75) is 119 Å². The number of carbonyl (C=O) groups is 3. The van der Waals surface area contributed by atoms with Crippen molar-refractivity contribution in [2.24, 2.45) is 40.9 Å². The minimum absolute atomic E-state index is 0.0943. The molecule has 41 heavy (non-hydrogen) atoms. The second kappa shape index (κ2) is 16.7. The summed E-state index contributed by atoms with van der Waals surface area (Å²) in [6.07, 6.45) is 16.2. The molecular weight excluding hydrogens is 520 g/mol. The summed E-state index contributed by atoms with van der Waals surface area (Å²) < 4.78 is 6.27. The van der Waals surface area contributed by atoms with Gasteiger partial charge in [-0.1, -0.05) is 65.7 Å². The molecule has 4 rings (SSSR count). The molecule has 3 saturated carbocycles. The molecule has 3 aliphatic rings.